The Morgan fingerprint density at radius 3 is 2.65 bits per heavy atom. The lowest BCUT2D eigenvalue weighted by Gasteiger charge is -2.29. The van der Waals surface area contributed by atoms with Crippen LogP contribution >= 0.6 is 0 Å². The van der Waals surface area contributed by atoms with Crippen LogP contribution in [-0.2, 0) is 6.61 Å². The van der Waals surface area contributed by atoms with Crippen molar-refractivity contribution in [2.75, 3.05) is 5.32 Å². The predicted octanol–water partition coefficient (Wildman–Crippen LogP) is 3.56. The Labute approximate surface area is 104 Å². The molecule has 0 radical (unpaired) electrons. The Balaban J connectivity index is 1.99. The number of nitrogens with one attached hydrogen (secondary N) is 1. The minimum atomic E-state index is 0.112. The van der Waals surface area contributed by atoms with Gasteiger partial charge in [0.2, 0.25) is 0 Å². The number of rotatable bonds is 4. The monoisotopic (exact) mass is 233 g/mol. The van der Waals surface area contributed by atoms with E-state index in [-0.39, 0.29) is 6.61 Å². The second kappa shape index (κ2) is 6.06. The largest absolute Gasteiger partial charge is 0.392 e. The van der Waals surface area contributed by atoms with Gasteiger partial charge in [-0.15, -0.1) is 0 Å². The summed E-state index contributed by atoms with van der Waals surface area (Å²) >= 11 is 0. The molecule has 2 heteroatoms. The van der Waals surface area contributed by atoms with E-state index < -0.39 is 0 Å². The van der Waals surface area contributed by atoms with Gasteiger partial charge in [0.05, 0.1) is 6.61 Å². The maximum Gasteiger partial charge on any atom is 0.0701 e. The van der Waals surface area contributed by atoms with Crippen LogP contribution in [0.4, 0.5) is 5.69 Å². The van der Waals surface area contributed by atoms with Crippen LogP contribution in [0.1, 0.15) is 44.6 Å². The number of benzene rings is 1. The number of hydrogen-bond acceptors (Lipinski definition) is 2. The van der Waals surface area contributed by atoms with Crippen LogP contribution in [0.5, 0.6) is 0 Å². The van der Waals surface area contributed by atoms with Gasteiger partial charge in [0, 0.05) is 17.3 Å². The van der Waals surface area contributed by atoms with Gasteiger partial charge in [-0.05, 0) is 31.7 Å². The third-order valence-corrected chi connectivity index (χ3v) is 3.93. The molecule has 0 spiro atoms. The van der Waals surface area contributed by atoms with E-state index in [0.717, 1.165) is 17.2 Å². The summed E-state index contributed by atoms with van der Waals surface area (Å²) in [7, 11) is 0. The number of para-hydroxylation sites is 1. The third-order valence-electron chi connectivity index (χ3n) is 3.93. The van der Waals surface area contributed by atoms with Crippen molar-refractivity contribution in [1.82, 2.24) is 0 Å². The summed E-state index contributed by atoms with van der Waals surface area (Å²) in [4.78, 5) is 0. The highest BCUT2D eigenvalue weighted by molar-refractivity contribution is 5.51. The van der Waals surface area contributed by atoms with Gasteiger partial charge < -0.3 is 10.4 Å². The van der Waals surface area contributed by atoms with Crippen molar-refractivity contribution in [3.63, 3.8) is 0 Å². The van der Waals surface area contributed by atoms with Gasteiger partial charge >= 0.3 is 0 Å². The zero-order valence-electron chi connectivity index (χ0n) is 10.7. The van der Waals surface area contributed by atoms with Gasteiger partial charge in [-0.25, -0.2) is 0 Å². The predicted molar refractivity (Wildman–Crippen MR) is 72.0 cm³/mol. The molecule has 1 aromatic carbocycles. The molecule has 94 valence electrons. The maximum absolute atomic E-state index is 9.30. The van der Waals surface area contributed by atoms with Gasteiger partial charge in [0.25, 0.3) is 0 Å². The Kier molecular flexibility index (Phi) is 4.43. The summed E-state index contributed by atoms with van der Waals surface area (Å²) < 4.78 is 0. The molecule has 1 aliphatic rings. The quantitative estimate of drug-likeness (QED) is 0.833. The molecule has 1 fully saturated rings. The van der Waals surface area contributed by atoms with Crippen LogP contribution in [0.15, 0.2) is 24.3 Å². The van der Waals surface area contributed by atoms with Crippen LogP contribution in [-0.4, -0.2) is 11.1 Å². The molecule has 0 bridgehead atoms. The molecule has 0 amide bonds. The third kappa shape index (κ3) is 3.22. The standard InChI is InChI=1S/C15H23NO/c1-12(13-7-3-2-4-8-13)16-15-10-6-5-9-14(15)11-17/h5-6,9-10,12-13,16-17H,2-4,7-8,11H2,1H3. The molecule has 0 aliphatic heterocycles. The lowest BCUT2D eigenvalue weighted by Crippen LogP contribution is -2.28. The highest BCUT2D eigenvalue weighted by Crippen LogP contribution is 2.28. The van der Waals surface area contributed by atoms with Crippen LogP contribution in [0.2, 0.25) is 0 Å². The maximum atomic E-state index is 9.30. The Bertz CT molecular complexity index is 345. The molecule has 1 atom stereocenters. The first-order valence-electron chi connectivity index (χ1n) is 6.76. The molecule has 2 N–H and O–H groups in total. The van der Waals surface area contributed by atoms with Crippen LogP contribution in [0.25, 0.3) is 0 Å². The molecule has 2 nitrogen and oxygen atoms in total. The first-order chi connectivity index (χ1) is 8.31. The van der Waals surface area contributed by atoms with Gasteiger partial charge in [0.1, 0.15) is 0 Å². The van der Waals surface area contributed by atoms with Crippen molar-refractivity contribution >= 4 is 5.69 Å². The minimum absolute atomic E-state index is 0.112. The van der Waals surface area contributed by atoms with Crippen molar-refractivity contribution < 1.29 is 5.11 Å². The highest BCUT2D eigenvalue weighted by atomic mass is 16.3. The van der Waals surface area contributed by atoms with Crippen molar-refractivity contribution in [2.45, 2.75) is 51.7 Å². The van der Waals surface area contributed by atoms with Gasteiger partial charge in [0.15, 0.2) is 0 Å². The summed E-state index contributed by atoms with van der Waals surface area (Å²) in [5.74, 6) is 0.787. The number of hydrogen-bond donors (Lipinski definition) is 2. The molecule has 1 aliphatic carbocycles. The normalized spacial score (nSPS) is 18.9. The number of anilines is 1. The minimum Gasteiger partial charge on any atom is -0.392 e. The molecule has 1 saturated carbocycles. The Hall–Kier alpha value is -1.02. The van der Waals surface area contributed by atoms with Crippen molar-refractivity contribution in [3.05, 3.63) is 29.8 Å². The summed E-state index contributed by atoms with van der Waals surface area (Å²) in [5, 5.41) is 12.9. The molecule has 0 aromatic heterocycles. The van der Waals surface area contributed by atoms with Gasteiger partial charge in [-0.3, -0.25) is 0 Å². The summed E-state index contributed by atoms with van der Waals surface area (Å²) in [6.07, 6.45) is 6.83. The zero-order valence-corrected chi connectivity index (χ0v) is 10.7. The molecule has 2 rings (SSSR count). The molecular formula is C15H23NO. The van der Waals surface area contributed by atoms with E-state index >= 15 is 0 Å². The average molecular weight is 233 g/mol. The molecule has 1 unspecified atom stereocenters. The Morgan fingerprint density at radius 2 is 1.94 bits per heavy atom. The van der Waals surface area contributed by atoms with Crippen LogP contribution in [0, 0.1) is 5.92 Å². The van der Waals surface area contributed by atoms with Crippen molar-refractivity contribution in [1.29, 1.82) is 0 Å². The summed E-state index contributed by atoms with van der Waals surface area (Å²) in [6, 6.07) is 8.54. The second-order valence-corrected chi connectivity index (χ2v) is 5.15. The van der Waals surface area contributed by atoms with Crippen molar-refractivity contribution in [3.8, 4) is 0 Å². The molecule has 1 aromatic rings. The fourth-order valence-corrected chi connectivity index (χ4v) is 2.80. The first kappa shape index (κ1) is 12.4. The smallest absolute Gasteiger partial charge is 0.0701 e. The van der Waals surface area contributed by atoms with Crippen LogP contribution < -0.4 is 5.32 Å². The van der Waals surface area contributed by atoms with E-state index in [9.17, 15) is 5.11 Å². The Morgan fingerprint density at radius 1 is 1.24 bits per heavy atom. The first-order valence-corrected chi connectivity index (χ1v) is 6.76. The van der Waals surface area contributed by atoms with E-state index in [4.69, 9.17) is 0 Å². The summed E-state index contributed by atoms with van der Waals surface area (Å²) in [5.41, 5.74) is 2.09. The zero-order chi connectivity index (χ0) is 12.1. The fourth-order valence-electron chi connectivity index (χ4n) is 2.80. The van der Waals surface area contributed by atoms with Crippen molar-refractivity contribution in [2.24, 2.45) is 5.92 Å². The van der Waals surface area contributed by atoms with E-state index in [1.807, 2.05) is 18.2 Å². The van der Waals surface area contributed by atoms with E-state index in [0.29, 0.717) is 6.04 Å². The van der Waals surface area contributed by atoms with Gasteiger partial charge in [-0.1, -0.05) is 37.5 Å². The molecule has 0 heterocycles. The lowest BCUT2D eigenvalue weighted by molar-refractivity contribution is 0.282. The lowest BCUT2D eigenvalue weighted by atomic mass is 9.84. The fraction of sp³-hybridized carbons (Fsp3) is 0.600. The number of aliphatic hydroxyl groups excluding tert-OH is 1. The highest BCUT2D eigenvalue weighted by Gasteiger charge is 2.20. The SMILES string of the molecule is CC(Nc1ccccc1CO)C1CCCCC1. The molecular weight excluding hydrogens is 210 g/mol. The van der Waals surface area contributed by atoms with Crippen LogP contribution in [0.3, 0.4) is 0 Å². The topological polar surface area (TPSA) is 32.3 Å². The molecule has 17 heavy (non-hydrogen) atoms. The van der Waals surface area contributed by atoms with E-state index in [1.54, 1.807) is 0 Å². The van der Waals surface area contributed by atoms with Gasteiger partial charge in [-0.2, -0.15) is 0 Å². The average Bonchev–Trinajstić information content (AvgIpc) is 2.40. The number of aliphatic hydroxyl groups is 1. The van der Waals surface area contributed by atoms with E-state index in [2.05, 4.69) is 18.3 Å². The summed E-state index contributed by atoms with van der Waals surface area (Å²) in [6.45, 7) is 2.38. The van der Waals surface area contributed by atoms with E-state index in [1.165, 1.54) is 32.1 Å². The molecule has 0 saturated heterocycles. The second-order valence-electron chi connectivity index (χ2n) is 5.15.